The largest absolute Gasteiger partial charge is 0.268 e. The third-order valence-electron chi connectivity index (χ3n) is 3.33. The van der Waals surface area contributed by atoms with E-state index in [9.17, 15) is 4.79 Å². The second kappa shape index (κ2) is 6.34. The summed E-state index contributed by atoms with van der Waals surface area (Å²) in [7, 11) is 0. The zero-order chi connectivity index (χ0) is 15.5. The zero-order valence-corrected chi connectivity index (χ0v) is 13.0. The van der Waals surface area contributed by atoms with Crippen LogP contribution in [0.4, 0.5) is 0 Å². The van der Waals surface area contributed by atoms with E-state index in [1.54, 1.807) is 18.2 Å². The van der Waals surface area contributed by atoms with Crippen LogP contribution in [0.25, 0.3) is 11.3 Å². The fraction of sp³-hybridized carbons (Fsp3) is 0.0588. The van der Waals surface area contributed by atoms with Crippen LogP contribution in [-0.2, 0) is 6.42 Å². The van der Waals surface area contributed by atoms with Gasteiger partial charge in [-0.05, 0) is 23.8 Å². The Bertz CT molecular complexity index is 860. The highest BCUT2D eigenvalue weighted by Gasteiger charge is 2.08. The SMILES string of the molecule is O=c1[nH]nc(-c2ccc(Cl)c(Cl)c2)cc1Cc1ccccc1. The quantitative estimate of drug-likeness (QED) is 0.776. The lowest BCUT2D eigenvalue weighted by atomic mass is 10.0. The Kier molecular flexibility index (Phi) is 4.27. The first kappa shape index (κ1) is 14.8. The Hall–Kier alpha value is -2.10. The van der Waals surface area contributed by atoms with Gasteiger partial charge in [0.25, 0.3) is 5.56 Å². The second-order valence-electron chi connectivity index (χ2n) is 4.90. The first-order valence-electron chi connectivity index (χ1n) is 6.71. The monoisotopic (exact) mass is 330 g/mol. The molecule has 0 aliphatic heterocycles. The van der Waals surface area contributed by atoms with E-state index in [2.05, 4.69) is 10.2 Å². The second-order valence-corrected chi connectivity index (χ2v) is 5.71. The van der Waals surface area contributed by atoms with Crippen molar-refractivity contribution in [3.63, 3.8) is 0 Å². The molecule has 3 aromatic rings. The van der Waals surface area contributed by atoms with Crippen molar-refractivity contribution in [1.29, 1.82) is 0 Å². The third kappa shape index (κ3) is 3.21. The third-order valence-corrected chi connectivity index (χ3v) is 4.07. The molecule has 0 saturated carbocycles. The summed E-state index contributed by atoms with van der Waals surface area (Å²) < 4.78 is 0. The molecule has 22 heavy (non-hydrogen) atoms. The van der Waals surface area contributed by atoms with Crippen molar-refractivity contribution in [2.45, 2.75) is 6.42 Å². The van der Waals surface area contributed by atoms with Crippen molar-refractivity contribution in [1.82, 2.24) is 10.2 Å². The van der Waals surface area contributed by atoms with Crippen molar-refractivity contribution < 1.29 is 0 Å². The predicted molar refractivity (Wildman–Crippen MR) is 89.6 cm³/mol. The molecule has 1 N–H and O–H groups in total. The molecular formula is C17H12Cl2N2O. The minimum absolute atomic E-state index is 0.187. The first-order valence-corrected chi connectivity index (χ1v) is 7.47. The lowest BCUT2D eigenvalue weighted by molar-refractivity contribution is 0.955. The Morgan fingerprint density at radius 1 is 0.955 bits per heavy atom. The molecule has 0 saturated heterocycles. The first-order chi connectivity index (χ1) is 10.6. The number of aromatic amines is 1. The van der Waals surface area contributed by atoms with Gasteiger partial charge in [-0.1, -0.05) is 59.6 Å². The summed E-state index contributed by atoms with van der Waals surface area (Å²) in [4.78, 5) is 12.0. The molecule has 0 spiro atoms. The topological polar surface area (TPSA) is 45.8 Å². The van der Waals surface area contributed by atoms with Gasteiger partial charge in [-0.2, -0.15) is 5.10 Å². The van der Waals surface area contributed by atoms with Crippen molar-refractivity contribution in [3.8, 4) is 11.3 Å². The molecule has 2 aromatic carbocycles. The Morgan fingerprint density at radius 3 is 2.45 bits per heavy atom. The summed E-state index contributed by atoms with van der Waals surface area (Å²) in [6.45, 7) is 0. The van der Waals surface area contributed by atoms with Crippen LogP contribution >= 0.6 is 23.2 Å². The number of halogens is 2. The lowest BCUT2D eigenvalue weighted by Crippen LogP contribution is -2.14. The number of benzene rings is 2. The molecule has 5 heteroatoms. The van der Waals surface area contributed by atoms with Crippen LogP contribution in [0.1, 0.15) is 11.1 Å². The van der Waals surface area contributed by atoms with Gasteiger partial charge in [-0.25, -0.2) is 5.10 Å². The summed E-state index contributed by atoms with van der Waals surface area (Å²) in [5.41, 5.74) is 3.00. The van der Waals surface area contributed by atoms with Crippen LogP contribution in [0.3, 0.4) is 0 Å². The molecule has 3 nitrogen and oxygen atoms in total. The lowest BCUT2D eigenvalue weighted by Gasteiger charge is -2.05. The Morgan fingerprint density at radius 2 is 1.73 bits per heavy atom. The molecular weight excluding hydrogens is 319 g/mol. The highest BCUT2D eigenvalue weighted by Crippen LogP contribution is 2.27. The van der Waals surface area contributed by atoms with E-state index in [4.69, 9.17) is 23.2 Å². The maximum Gasteiger partial charge on any atom is 0.267 e. The van der Waals surface area contributed by atoms with Crippen LogP contribution in [0.2, 0.25) is 10.0 Å². The fourth-order valence-corrected chi connectivity index (χ4v) is 2.49. The highest BCUT2D eigenvalue weighted by molar-refractivity contribution is 6.42. The molecule has 3 rings (SSSR count). The molecule has 0 aliphatic carbocycles. The average Bonchev–Trinajstić information content (AvgIpc) is 2.53. The number of nitrogens with one attached hydrogen (secondary N) is 1. The van der Waals surface area contributed by atoms with E-state index >= 15 is 0 Å². The number of nitrogens with zero attached hydrogens (tertiary/aromatic N) is 1. The van der Waals surface area contributed by atoms with Gasteiger partial charge < -0.3 is 0 Å². The minimum atomic E-state index is -0.187. The Labute approximate surface area is 137 Å². The molecule has 0 bridgehead atoms. The minimum Gasteiger partial charge on any atom is -0.268 e. The van der Waals surface area contributed by atoms with Crippen LogP contribution in [0, 0.1) is 0 Å². The van der Waals surface area contributed by atoms with E-state index in [0.717, 1.165) is 11.1 Å². The number of rotatable bonds is 3. The maximum absolute atomic E-state index is 12.0. The van der Waals surface area contributed by atoms with Gasteiger partial charge >= 0.3 is 0 Å². The molecule has 1 heterocycles. The fourth-order valence-electron chi connectivity index (χ4n) is 2.20. The van der Waals surface area contributed by atoms with Crippen molar-refractivity contribution in [2.75, 3.05) is 0 Å². The smallest absolute Gasteiger partial charge is 0.267 e. The van der Waals surface area contributed by atoms with E-state index in [1.807, 2.05) is 36.4 Å². The van der Waals surface area contributed by atoms with Crippen molar-refractivity contribution >= 4 is 23.2 Å². The van der Waals surface area contributed by atoms with Crippen LogP contribution < -0.4 is 5.56 Å². The van der Waals surface area contributed by atoms with E-state index in [-0.39, 0.29) is 5.56 Å². The van der Waals surface area contributed by atoms with Crippen molar-refractivity contribution in [2.24, 2.45) is 0 Å². The average molecular weight is 331 g/mol. The van der Waals surface area contributed by atoms with Crippen LogP contribution in [0.5, 0.6) is 0 Å². The summed E-state index contributed by atoms with van der Waals surface area (Å²) >= 11 is 12.0. The molecule has 1 aromatic heterocycles. The summed E-state index contributed by atoms with van der Waals surface area (Å²) in [6.07, 6.45) is 0.549. The van der Waals surface area contributed by atoms with Gasteiger partial charge in [0, 0.05) is 17.5 Å². The summed E-state index contributed by atoms with van der Waals surface area (Å²) in [6, 6.07) is 16.9. The van der Waals surface area contributed by atoms with Gasteiger partial charge in [0.15, 0.2) is 0 Å². The van der Waals surface area contributed by atoms with E-state index in [1.165, 1.54) is 0 Å². The zero-order valence-electron chi connectivity index (χ0n) is 11.5. The number of hydrogen-bond acceptors (Lipinski definition) is 2. The molecule has 0 unspecified atom stereocenters. The molecule has 0 atom stereocenters. The number of aromatic nitrogens is 2. The Balaban J connectivity index is 1.99. The normalized spacial score (nSPS) is 10.6. The molecule has 110 valence electrons. The van der Waals surface area contributed by atoms with Gasteiger partial charge in [0.2, 0.25) is 0 Å². The van der Waals surface area contributed by atoms with E-state index in [0.29, 0.717) is 27.7 Å². The van der Waals surface area contributed by atoms with Gasteiger partial charge in [0.1, 0.15) is 0 Å². The van der Waals surface area contributed by atoms with Crippen LogP contribution in [0.15, 0.2) is 59.4 Å². The number of H-pyrrole nitrogens is 1. The van der Waals surface area contributed by atoms with E-state index < -0.39 is 0 Å². The highest BCUT2D eigenvalue weighted by atomic mass is 35.5. The van der Waals surface area contributed by atoms with Gasteiger partial charge in [-0.15, -0.1) is 0 Å². The predicted octanol–water partition coefficient (Wildman–Crippen LogP) is 4.33. The standard InChI is InChI=1S/C17H12Cl2N2O/c18-14-7-6-12(9-15(14)19)16-10-13(17(22)21-20-16)8-11-4-2-1-3-5-11/h1-7,9-10H,8H2,(H,21,22). The molecule has 0 radical (unpaired) electrons. The molecule has 0 aliphatic rings. The van der Waals surface area contributed by atoms with Crippen LogP contribution in [-0.4, -0.2) is 10.2 Å². The van der Waals surface area contributed by atoms with Gasteiger partial charge in [-0.3, -0.25) is 4.79 Å². The maximum atomic E-state index is 12.0. The molecule has 0 fully saturated rings. The molecule has 0 amide bonds. The number of hydrogen-bond donors (Lipinski definition) is 1. The van der Waals surface area contributed by atoms with Gasteiger partial charge in [0.05, 0.1) is 15.7 Å². The summed E-state index contributed by atoms with van der Waals surface area (Å²) in [5.74, 6) is 0. The van der Waals surface area contributed by atoms with Crippen molar-refractivity contribution in [3.05, 3.63) is 86.1 Å². The summed E-state index contributed by atoms with van der Waals surface area (Å²) in [5, 5.41) is 7.56.